The fourth-order valence-corrected chi connectivity index (χ4v) is 1.89. The fourth-order valence-electron chi connectivity index (χ4n) is 1.89. The Morgan fingerprint density at radius 3 is 2.40 bits per heavy atom. The molecule has 1 aromatic carbocycles. The van der Waals surface area contributed by atoms with E-state index in [9.17, 15) is 22.8 Å². The maximum absolute atomic E-state index is 13.5. The number of rotatable bonds is 2. The molecule has 20 heavy (non-hydrogen) atoms. The van der Waals surface area contributed by atoms with Crippen LogP contribution in [0, 0.1) is 17.5 Å². The summed E-state index contributed by atoms with van der Waals surface area (Å²) in [5.74, 6) is -6.10. The van der Waals surface area contributed by atoms with Crippen molar-refractivity contribution in [2.75, 3.05) is 19.7 Å². The van der Waals surface area contributed by atoms with Gasteiger partial charge in [0.15, 0.2) is 6.10 Å². The second kappa shape index (κ2) is 5.49. The van der Waals surface area contributed by atoms with Gasteiger partial charge in [0.1, 0.15) is 23.0 Å². The first-order valence-electron chi connectivity index (χ1n) is 5.68. The predicted octanol–water partition coefficient (Wildman–Crippen LogP) is 1.03. The highest BCUT2D eigenvalue weighted by Crippen LogP contribution is 2.18. The molecule has 1 unspecified atom stereocenters. The van der Waals surface area contributed by atoms with E-state index in [1.165, 1.54) is 0 Å². The van der Waals surface area contributed by atoms with Crippen LogP contribution in [0.2, 0.25) is 0 Å². The largest absolute Gasteiger partial charge is 0.479 e. The van der Waals surface area contributed by atoms with Gasteiger partial charge in [-0.1, -0.05) is 0 Å². The molecule has 2 rings (SSSR count). The number of aliphatic carboxylic acids is 1. The first kappa shape index (κ1) is 14.3. The number of hydrogen-bond acceptors (Lipinski definition) is 3. The van der Waals surface area contributed by atoms with E-state index in [1.54, 1.807) is 0 Å². The molecule has 1 fully saturated rings. The summed E-state index contributed by atoms with van der Waals surface area (Å²) in [6.45, 7) is -0.392. The van der Waals surface area contributed by atoms with Crippen LogP contribution in [0.4, 0.5) is 13.2 Å². The Morgan fingerprint density at radius 2 is 1.85 bits per heavy atom. The molecule has 0 saturated carbocycles. The summed E-state index contributed by atoms with van der Waals surface area (Å²) in [6.07, 6.45) is -1.25. The van der Waals surface area contributed by atoms with Crippen LogP contribution in [0.25, 0.3) is 0 Å². The molecule has 1 amide bonds. The number of carboxylic acids is 1. The van der Waals surface area contributed by atoms with Crippen LogP contribution in [0.15, 0.2) is 12.1 Å². The summed E-state index contributed by atoms with van der Waals surface area (Å²) in [4.78, 5) is 23.7. The molecule has 1 atom stereocenters. The molecule has 0 bridgehead atoms. The maximum atomic E-state index is 13.5. The van der Waals surface area contributed by atoms with E-state index in [4.69, 9.17) is 9.84 Å². The monoisotopic (exact) mass is 289 g/mol. The third kappa shape index (κ3) is 2.74. The van der Waals surface area contributed by atoms with Gasteiger partial charge in [-0.3, -0.25) is 4.79 Å². The molecule has 1 aliphatic rings. The molecule has 5 nitrogen and oxygen atoms in total. The molecule has 108 valence electrons. The van der Waals surface area contributed by atoms with Gasteiger partial charge in [0.05, 0.1) is 13.2 Å². The van der Waals surface area contributed by atoms with E-state index >= 15 is 0 Å². The molecule has 8 heteroatoms. The van der Waals surface area contributed by atoms with Crippen molar-refractivity contribution in [3.63, 3.8) is 0 Å². The summed E-state index contributed by atoms with van der Waals surface area (Å²) >= 11 is 0. The topological polar surface area (TPSA) is 66.8 Å². The SMILES string of the molecule is O=C(O)C1CN(C(=O)c2c(F)cc(F)cc2F)CCO1. The minimum atomic E-state index is -1.33. The van der Waals surface area contributed by atoms with Crippen molar-refractivity contribution < 1.29 is 32.6 Å². The summed E-state index contributed by atoms with van der Waals surface area (Å²) < 4.78 is 44.7. The molecule has 1 saturated heterocycles. The van der Waals surface area contributed by atoms with Crippen LogP contribution in [0.5, 0.6) is 0 Å². The zero-order chi connectivity index (χ0) is 14.9. The summed E-state index contributed by atoms with van der Waals surface area (Å²) in [6, 6.07) is 0.789. The van der Waals surface area contributed by atoms with Gasteiger partial charge >= 0.3 is 5.97 Å². The summed E-state index contributed by atoms with van der Waals surface area (Å²) in [7, 11) is 0. The fraction of sp³-hybridized carbons (Fsp3) is 0.333. The zero-order valence-corrected chi connectivity index (χ0v) is 10.1. The number of carboxylic acid groups (broad SMARTS) is 1. The second-order valence-corrected chi connectivity index (χ2v) is 4.19. The number of benzene rings is 1. The second-order valence-electron chi connectivity index (χ2n) is 4.19. The van der Waals surface area contributed by atoms with Crippen molar-refractivity contribution in [3.8, 4) is 0 Å². The molecule has 0 aliphatic carbocycles. The van der Waals surface area contributed by atoms with Crippen LogP contribution >= 0.6 is 0 Å². The Morgan fingerprint density at radius 1 is 1.25 bits per heavy atom. The van der Waals surface area contributed by atoms with E-state index < -0.39 is 41.0 Å². The van der Waals surface area contributed by atoms with E-state index in [-0.39, 0.29) is 19.7 Å². The van der Waals surface area contributed by atoms with Crippen molar-refractivity contribution in [1.29, 1.82) is 0 Å². The number of morpholine rings is 1. The number of carbonyl (C=O) groups excluding carboxylic acids is 1. The summed E-state index contributed by atoms with van der Waals surface area (Å²) in [5.41, 5.74) is -0.905. The van der Waals surface area contributed by atoms with Gasteiger partial charge in [-0.25, -0.2) is 18.0 Å². The van der Waals surface area contributed by atoms with Gasteiger partial charge in [-0.15, -0.1) is 0 Å². The Labute approximate surface area is 111 Å². The molecular weight excluding hydrogens is 279 g/mol. The van der Waals surface area contributed by atoms with E-state index in [2.05, 4.69) is 0 Å². The van der Waals surface area contributed by atoms with Crippen LogP contribution in [-0.4, -0.2) is 47.7 Å². The lowest BCUT2D eigenvalue weighted by Crippen LogP contribution is -2.48. The number of carbonyl (C=O) groups is 2. The highest BCUT2D eigenvalue weighted by molar-refractivity contribution is 5.95. The highest BCUT2D eigenvalue weighted by atomic mass is 19.1. The number of halogens is 3. The van der Waals surface area contributed by atoms with Gasteiger partial charge in [-0.2, -0.15) is 0 Å². The van der Waals surface area contributed by atoms with Crippen LogP contribution in [0.1, 0.15) is 10.4 Å². The molecular formula is C12H10F3NO4. The lowest BCUT2D eigenvalue weighted by atomic mass is 10.1. The molecule has 1 N–H and O–H groups in total. The lowest BCUT2D eigenvalue weighted by molar-refractivity contribution is -0.154. The van der Waals surface area contributed by atoms with Gasteiger partial charge in [0.25, 0.3) is 5.91 Å². The standard InChI is InChI=1S/C12H10F3NO4/c13-6-3-7(14)10(8(15)4-6)11(17)16-1-2-20-9(5-16)12(18)19/h3-4,9H,1-2,5H2,(H,18,19). The van der Waals surface area contributed by atoms with Gasteiger partial charge in [-0.05, 0) is 0 Å². The third-order valence-corrected chi connectivity index (χ3v) is 2.85. The van der Waals surface area contributed by atoms with Crippen LogP contribution in [-0.2, 0) is 9.53 Å². The average molecular weight is 289 g/mol. The number of hydrogen-bond donors (Lipinski definition) is 1. The summed E-state index contributed by atoms with van der Waals surface area (Å²) in [5, 5.41) is 8.79. The Hall–Kier alpha value is -2.09. The van der Waals surface area contributed by atoms with E-state index in [0.29, 0.717) is 12.1 Å². The van der Waals surface area contributed by atoms with Crippen molar-refractivity contribution >= 4 is 11.9 Å². The predicted molar refractivity (Wildman–Crippen MR) is 59.6 cm³/mol. The molecule has 0 radical (unpaired) electrons. The van der Waals surface area contributed by atoms with E-state index in [1.807, 2.05) is 0 Å². The number of ether oxygens (including phenoxy) is 1. The molecule has 1 aliphatic heterocycles. The van der Waals surface area contributed by atoms with Gasteiger partial charge in [0.2, 0.25) is 0 Å². The highest BCUT2D eigenvalue weighted by Gasteiger charge is 2.32. The zero-order valence-electron chi connectivity index (χ0n) is 10.1. The molecule has 1 aromatic rings. The van der Waals surface area contributed by atoms with Crippen molar-refractivity contribution in [2.45, 2.75) is 6.10 Å². The van der Waals surface area contributed by atoms with Crippen molar-refractivity contribution in [3.05, 3.63) is 35.1 Å². The Bertz CT molecular complexity index is 541. The van der Waals surface area contributed by atoms with Gasteiger partial charge in [0, 0.05) is 18.7 Å². The number of nitrogens with zero attached hydrogens (tertiary/aromatic N) is 1. The first-order chi connectivity index (χ1) is 9.40. The van der Waals surface area contributed by atoms with Crippen LogP contribution in [0.3, 0.4) is 0 Å². The lowest BCUT2D eigenvalue weighted by Gasteiger charge is -2.31. The minimum absolute atomic E-state index is 0.00112. The quantitative estimate of drug-likeness (QED) is 0.883. The third-order valence-electron chi connectivity index (χ3n) is 2.85. The van der Waals surface area contributed by atoms with Crippen LogP contribution < -0.4 is 0 Å². The number of amides is 1. The Balaban J connectivity index is 2.25. The smallest absolute Gasteiger partial charge is 0.334 e. The Kier molecular flexibility index (Phi) is 3.93. The molecule has 0 spiro atoms. The van der Waals surface area contributed by atoms with Crippen molar-refractivity contribution in [2.24, 2.45) is 0 Å². The van der Waals surface area contributed by atoms with Crippen molar-refractivity contribution in [1.82, 2.24) is 4.90 Å². The van der Waals surface area contributed by atoms with E-state index in [0.717, 1.165) is 4.90 Å². The van der Waals surface area contributed by atoms with Gasteiger partial charge < -0.3 is 14.7 Å². The minimum Gasteiger partial charge on any atom is -0.479 e. The molecule has 1 heterocycles. The maximum Gasteiger partial charge on any atom is 0.334 e. The first-order valence-corrected chi connectivity index (χ1v) is 5.68. The molecule has 0 aromatic heterocycles. The average Bonchev–Trinajstić information content (AvgIpc) is 2.37. The normalized spacial score (nSPS) is 18.9.